The Morgan fingerprint density at radius 1 is 1.33 bits per heavy atom. The molecule has 0 bridgehead atoms. The number of benzene rings is 1. The fourth-order valence-corrected chi connectivity index (χ4v) is 2.39. The van der Waals surface area contributed by atoms with Crippen molar-refractivity contribution < 1.29 is 8.78 Å². The SMILES string of the molecule is CC(N)C1(c2c(F)ccc(F)c2Cl)CC1. The van der Waals surface area contributed by atoms with E-state index >= 15 is 0 Å². The molecule has 0 radical (unpaired) electrons. The summed E-state index contributed by atoms with van der Waals surface area (Å²) in [6, 6.07) is 1.93. The van der Waals surface area contributed by atoms with Crippen LogP contribution in [-0.2, 0) is 5.41 Å². The Bertz CT molecular complexity index is 400. The Labute approximate surface area is 92.2 Å². The zero-order valence-electron chi connectivity index (χ0n) is 8.36. The Morgan fingerprint density at radius 2 is 1.87 bits per heavy atom. The maximum Gasteiger partial charge on any atom is 0.142 e. The van der Waals surface area contributed by atoms with Gasteiger partial charge in [-0.2, -0.15) is 0 Å². The summed E-state index contributed by atoms with van der Waals surface area (Å²) in [5, 5.41) is -0.121. The summed E-state index contributed by atoms with van der Waals surface area (Å²) in [5.74, 6) is -1.05. The average Bonchev–Trinajstić information content (AvgIpc) is 2.93. The topological polar surface area (TPSA) is 26.0 Å². The third-order valence-corrected chi connectivity index (χ3v) is 3.57. The number of hydrogen-bond donors (Lipinski definition) is 1. The quantitative estimate of drug-likeness (QED) is 0.778. The lowest BCUT2D eigenvalue weighted by Crippen LogP contribution is -2.32. The number of hydrogen-bond acceptors (Lipinski definition) is 1. The van der Waals surface area contributed by atoms with Gasteiger partial charge in [0.2, 0.25) is 0 Å². The van der Waals surface area contributed by atoms with E-state index in [0.29, 0.717) is 0 Å². The molecule has 1 aliphatic carbocycles. The van der Waals surface area contributed by atoms with E-state index in [0.717, 1.165) is 25.0 Å². The van der Waals surface area contributed by atoms with Crippen LogP contribution in [0.2, 0.25) is 5.02 Å². The van der Waals surface area contributed by atoms with Crippen LogP contribution < -0.4 is 5.73 Å². The van der Waals surface area contributed by atoms with Crippen LogP contribution >= 0.6 is 11.6 Å². The van der Waals surface area contributed by atoms with Crippen LogP contribution in [0.1, 0.15) is 25.3 Å². The molecule has 4 heteroatoms. The highest BCUT2D eigenvalue weighted by Gasteiger charge is 2.50. The van der Waals surface area contributed by atoms with Crippen molar-refractivity contribution in [2.75, 3.05) is 0 Å². The van der Waals surface area contributed by atoms with Gasteiger partial charge in [-0.25, -0.2) is 8.78 Å². The minimum Gasteiger partial charge on any atom is -0.327 e. The zero-order valence-corrected chi connectivity index (χ0v) is 9.11. The van der Waals surface area contributed by atoms with E-state index in [2.05, 4.69) is 0 Å². The molecule has 15 heavy (non-hydrogen) atoms. The van der Waals surface area contributed by atoms with Gasteiger partial charge in [0.05, 0.1) is 5.02 Å². The van der Waals surface area contributed by atoms with Crippen LogP contribution in [0.4, 0.5) is 8.78 Å². The minimum absolute atomic E-state index is 0.121. The largest absolute Gasteiger partial charge is 0.327 e. The third-order valence-electron chi connectivity index (χ3n) is 3.20. The molecule has 82 valence electrons. The van der Waals surface area contributed by atoms with E-state index in [1.54, 1.807) is 6.92 Å². The maximum atomic E-state index is 13.6. The second kappa shape index (κ2) is 3.42. The van der Waals surface area contributed by atoms with Crippen molar-refractivity contribution in [3.8, 4) is 0 Å². The summed E-state index contributed by atoms with van der Waals surface area (Å²) >= 11 is 5.80. The molecule has 1 aromatic rings. The molecule has 1 aromatic carbocycles. The molecule has 0 saturated heterocycles. The summed E-state index contributed by atoms with van der Waals surface area (Å²) in [6.45, 7) is 1.80. The summed E-state index contributed by atoms with van der Waals surface area (Å²) < 4.78 is 26.9. The van der Waals surface area contributed by atoms with E-state index in [9.17, 15) is 8.78 Å². The van der Waals surface area contributed by atoms with Crippen molar-refractivity contribution in [2.24, 2.45) is 5.73 Å². The van der Waals surface area contributed by atoms with Gasteiger partial charge in [0.15, 0.2) is 0 Å². The molecule has 1 unspecified atom stereocenters. The smallest absolute Gasteiger partial charge is 0.142 e. The standard InChI is InChI=1S/C11H12ClF2N/c1-6(15)11(4-5-11)9-7(13)2-3-8(14)10(9)12/h2-3,6H,4-5,15H2,1H3. The van der Waals surface area contributed by atoms with Gasteiger partial charge < -0.3 is 5.73 Å². The van der Waals surface area contributed by atoms with Crippen molar-refractivity contribution in [1.29, 1.82) is 0 Å². The van der Waals surface area contributed by atoms with Crippen LogP contribution in [0.5, 0.6) is 0 Å². The fourth-order valence-electron chi connectivity index (χ4n) is 2.05. The number of rotatable bonds is 2. The van der Waals surface area contributed by atoms with Crippen molar-refractivity contribution in [2.45, 2.75) is 31.2 Å². The van der Waals surface area contributed by atoms with Crippen LogP contribution in [0.3, 0.4) is 0 Å². The minimum atomic E-state index is -0.583. The van der Waals surface area contributed by atoms with Gasteiger partial charge in [0.1, 0.15) is 11.6 Å². The van der Waals surface area contributed by atoms with E-state index in [4.69, 9.17) is 17.3 Å². The monoisotopic (exact) mass is 231 g/mol. The lowest BCUT2D eigenvalue weighted by molar-refractivity contribution is 0.504. The molecule has 2 rings (SSSR count). The first-order valence-electron chi connectivity index (χ1n) is 4.88. The van der Waals surface area contributed by atoms with Gasteiger partial charge in [-0.1, -0.05) is 11.6 Å². The van der Waals surface area contributed by atoms with Gasteiger partial charge in [0.25, 0.3) is 0 Å². The second-order valence-electron chi connectivity index (χ2n) is 4.16. The molecule has 1 fully saturated rings. The van der Waals surface area contributed by atoms with Crippen LogP contribution in [0, 0.1) is 11.6 Å². The predicted molar refractivity (Wildman–Crippen MR) is 55.9 cm³/mol. The van der Waals surface area contributed by atoms with Gasteiger partial charge in [0, 0.05) is 17.0 Å². The number of halogens is 3. The first-order chi connectivity index (χ1) is 6.99. The highest BCUT2D eigenvalue weighted by Crippen LogP contribution is 2.53. The van der Waals surface area contributed by atoms with E-state index < -0.39 is 17.0 Å². The first kappa shape index (κ1) is 10.8. The third kappa shape index (κ3) is 1.54. The summed E-state index contributed by atoms with van der Waals surface area (Å²) in [7, 11) is 0. The summed E-state index contributed by atoms with van der Waals surface area (Å²) in [4.78, 5) is 0. The van der Waals surface area contributed by atoms with Crippen LogP contribution in [-0.4, -0.2) is 6.04 Å². The fraction of sp³-hybridized carbons (Fsp3) is 0.455. The highest BCUT2D eigenvalue weighted by atomic mass is 35.5. The molecule has 1 atom stereocenters. The molecule has 0 aromatic heterocycles. The molecule has 2 N–H and O–H groups in total. The molecule has 0 heterocycles. The molecule has 1 aliphatic rings. The molecular formula is C11H12ClF2N. The molecule has 0 spiro atoms. The van der Waals surface area contributed by atoms with Crippen molar-refractivity contribution in [3.05, 3.63) is 34.4 Å². The van der Waals surface area contributed by atoms with Gasteiger partial charge >= 0.3 is 0 Å². The molecule has 1 saturated carbocycles. The molecular weight excluding hydrogens is 220 g/mol. The number of nitrogens with two attached hydrogens (primary N) is 1. The molecule has 0 aliphatic heterocycles. The molecule has 0 amide bonds. The summed E-state index contributed by atoms with van der Waals surface area (Å²) in [6.07, 6.45) is 1.54. The van der Waals surface area contributed by atoms with Crippen molar-refractivity contribution in [1.82, 2.24) is 0 Å². The van der Waals surface area contributed by atoms with Gasteiger partial charge in [-0.3, -0.25) is 0 Å². The lowest BCUT2D eigenvalue weighted by Gasteiger charge is -2.22. The van der Waals surface area contributed by atoms with E-state index in [1.807, 2.05) is 0 Å². The lowest BCUT2D eigenvalue weighted by atomic mass is 9.89. The predicted octanol–water partition coefficient (Wildman–Crippen LogP) is 3.00. The second-order valence-corrected chi connectivity index (χ2v) is 4.54. The van der Waals surface area contributed by atoms with Crippen molar-refractivity contribution >= 4 is 11.6 Å². The van der Waals surface area contributed by atoms with E-state index in [-0.39, 0.29) is 16.6 Å². The van der Waals surface area contributed by atoms with Gasteiger partial charge in [-0.15, -0.1) is 0 Å². The Hall–Kier alpha value is -0.670. The Morgan fingerprint density at radius 3 is 2.33 bits per heavy atom. The Kier molecular flexibility index (Phi) is 2.47. The summed E-state index contributed by atoms with van der Waals surface area (Å²) in [5.41, 5.74) is 5.60. The average molecular weight is 232 g/mol. The first-order valence-corrected chi connectivity index (χ1v) is 5.26. The maximum absolute atomic E-state index is 13.6. The van der Waals surface area contributed by atoms with Gasteiger partial charge in [-0.05, 0) is 31.9 Å². The molecule has 1 nitrogen and oxygen atoms in total. The van der Waals surface area contributed by atoms with Crippen LogP contribution in [0.25, 0.3) is 0 Å². The van der Waals surface area contributed by atoms with Crippen LogP contribution in [0.15, 0.2) is 12.1 Å². The normalized spacial score (nSPS) is 20.1. The van der Waals surface area contributed by atoms with E-state index in [1.165, 1.54) is 0 Å². The van der Waals surface area contributed by atoms with Crippen molar-refractivity contribution in [3.63, 3.8) is 0 Å². The highest BCUT2D eigenvalue weighted by molar-refractivity contribution is 6.31. The zero-order chi connectivity index (χ0) is 11.2. The Balaban J connectivity index is 2.57.